The quantitative estimate of drug-likeness (QED) is 0.562. The van der Waals surface area contributed by atoms with Crippen LogP contribution in [0.3, 0.4) is 0 Å². The monoisotopic (exact) mass is 334 g/mol. The Bertz CT molecular complexity index is 460. The smallest absolute Gasteiger partial charge is 0.0479 e. The highest BCUT2D eigenvalue weighted by Gasteiger charge is 2.07. The van der Waals surface area contributed by atoms with Crippen LogP contribution in [0.1, 0.15) is 12.5 Å². The molecule has 1 aromatic carbocycles. The second-order valence-corrected chi connectivity index (χ2v) is 6.02. The number of halogens is 1. The molecule has 14 heavy (non-hydrogen) atoms. The zero-order valence-corrected chi connectivity index (χ0v) is 11.9. The van der Waals surface area contributed by atoms with Crippen LogP contribution in [-0.2, 0) is 6.42 Å². The van der Waals surface area contributed by atoms with Crippen LogP contribution in [-0.4, -0.2) is 6.26 Å². The van der Waals surface area contributed by atoms with Crippen molar-refractivity contribution in [1.29, 1.82) is 0 Å². The summed E-state index contributed by atoms with van der Waals surface area (Å²) in [5, 5.41) is 3.74. The van der Waals surface area contributed by atoms with Gasteiger partial charge in [-0.2, -0.15) is 0 Å². The van der Waals surface area contributed by atoms with Crippen LogP contribution in [0, 0.1) is 3.57 Å². The molecule has 2 rings (SSSR count). The first-order chi connectivity index (χ1) is 6.76. The van der Waals surface area contributed by atoms with E-state index in [-0.39, 0.29) is 0 Å². The Labute approximate surface area is 106 Å². The van der Waals surface area contributed by atoms with Crippen LogP contribution in [0.5, 0.6) is 0 Å². The second kappa shape index (κ2) is 4.41. The van der Waals surface area contributed by atoms with E-state index in [0.29, 0.717) is 0 Å². The molecule has 0 aliphatic rings. The Morgan fingerprint density at radius 2 is 2.21 bits per heavy atom. The summed E-state index contributed by atoms with van der Waals surface area (Å²) in [5.41, 5.74) is 1.49. The van der Waals surface area contributed by atoms with E-state index in [4.69, 9.17) is 0 Å². The Morgan fingerprint density at radius 1 is 1.43 bits per heavy atom. The molecule has 0 bridgehead atoms. The maximum Gasteiger partial charge on any atom is 0.0479 e. The lowest BCUT2D eigenvalue weighted by molar-refractivity contribution is 1.17. The molecule has 3 heteroatoms. The summed E-state index contributed by atoms with van der Waals surface area (Å²) < 4.78 is 2.83. The molecule has 0 aliphatic carbocycles. The molecular weight excluding hydrogens is 323 g/mol. The summed E-state index contributed by atoms with van der Waals surface area (Å²) in [7, 11) is 0. The molecule has 1 heterocycles. The molecular formula is C11H11IS2. The highest BCUT2D eigenvalue weighted by molar-refractivity contribution is 14.1. The van der Waals surface area contributed by atoms with E-state index >= 15 is 0 Å². The third-order valence-electron chi connectivity index (χ3n) is 2.30. The number of thiophene rings is 1. The fourth-order valence-corrected chi connectivity index (χ4v) is 4.24. The lowest BCUT2D eigenvalue weighted by Gasteiger charge is -2.01. The van der Waals surface area contributed by atoms with E-state index in [1.807, 2.05) is 23.1 Å². The Hall–Kier alpha value is 0.260. The fourth-order valence-electron chi connectivity index (χ4n) is 1.51. The van der Waals surface area contributed by atoms with Gasteiger partial charge in [0.1, 0.15) is 0 Å². The van der Waals surface area contributed by atoms with Crippen LogP contribution in [0.15, 0.2) is 22.4 Å². The minimum absolute atomic E-state index is 1.13. The van der Waals surface area contributed by atoms with E-state index in [0.717, 1.165) is 6.42 Å². The van der Waals surface area contributed by atoms with Crippen molar-refractivity contribution < 1.29 is 0 Å². The van der Waals surface area contributed by atoms with Gasteiger partial charge in [0.15, 0.2) is 0 Å². The number of benzene rings is 1. The Kier molecular flexibility index (Phi) is 3.39. The average Bonchev–Trinajstić information content (AvgIpc) is 2.61. The van der Waals surface area contributed by atoms with Crippen LogP contribution < -0.4 is 0 Å². The molecule has 1 aromatic heterocycles. The summed E-state index contributed by atoms with van der Waals surface area (Å²) in [6.45, 7) is 2.22. The average molecular weight is 334 g/mol. The van der Waals surface area contributed by atoms with Crippen LogP contribution >= 0.6 is 45.7 Å². The molecule has 2 aromatic rings. The summed E-state index contributed by atoms with van der Waals surface area (Å²) in [5.74, 6) is 0. The van der Waals surface area contributed by atoms with Gasteiger partial charge in [-0.15, -0.1) is 23.1 Å². The summed E-state index contributed by atoms with van der Waals surface area (Å²) >= 11 is 6.12. The van der Waals surface area contributed by atoms with Gasteiger partial charge >= 0.3 is 0 Å². The summed E-state index contributed by atoms with van der Waals surface area (Å²) in [4.78, 5) is 1.37. The van der Waals surface area contributed by atoms with Crippen LogP contribution in [0.25, 0.3) is 10.1 Å². The van der Waals surface area contributed by atoms with E-state index in [2.05, 4.69) is 53.3 Å². The van der Waals surface area contributed by atoms with Crippen molar-refractivity contribution >= 4 is 55.8 Å². The molecule has 74 valence electrons. The van der Waals surface area contributed by atoms with Gasteiger partial charge in [0, 0.05) is 13.2 Å². The van der Waals surface area contributed by atoms with Gasteiger partial charge in [0.05, 0.1) is 0 Å². The molecule has 0 spiro atoms. The van der Waals surface area contributed by atoms with Gasteiger partial charge in [-0.3, -0.25) is 0 Å². The first kappa shape index (κ1) is 10.8. The number of hydrogen-bond donors (Lipinski definition) is 0. The number of thioether (sulfide) groups is 1. The maximum absolute atomic E-state index is 2.43. The predicted molar refractivity (Wildman–Crippen MR) is 75.7 cm³/mol. The van der Waals surface area contributed by atoms with Gasteiger partial charge in [0.2, 0.25) is 0 Å². The highest BCUT2D eigenvalue weighted by atomic mass is 127. The lowest BCUT2D eigenvalue weighted by atomic mass is 10.1. The largest absolute Gasteiger partial charge is 0.142 e. The number of rotatable bonds is 2. The normalized spacial score (nSPS) is 11.1. The van der Waals surface area contributed by atoms with E-state index in [1.54, 1.807) is 0 Å². The van der Waals surface area contributed by atoms with Crippen molar-refractivity contribution in [2.75, 3.05) is 6.26 Å². The molecule has 0 saturated carbocycles. The maximum atomic E-state index is 2.43. The number of aryl methyl sites for hydroxylation is 1. The van der Waals surface area contributed by atoms with Gasteiger partial charge in [-0.1, -0.05) is 6.92 Å². The summed E-state index contributed by atoms with van der Waals surface area (Å²) in [6, 6.07) is 4.58. The highest BCUT2D eigenvalue weighted by Crippen LogP contribution is 2.33. The Balaban J connectivity index is 2.73. The summed E-state index contributed by atoms with van der Waals surface area (Å²) in [6.07, 6.45) is 3.27. The minimum Gasteiger partial charge on any atom is -0.142 e. The molecule has 0 saturated heterocycles. The van der Waals surface area contributed by atoms with E-state index < -0.39 is 0 Å². The third kappa shape index (κ3) is 1.82. The lowest BCUT2D eigenvalue weighted by Crippen LogP contribution is -1.79. The predicted octanol–water partition coefficient (Wildman–Crippen LogP) is 4.79. The number of fused-ring (bicyclic) bond motifs is 1. The molecule has 0 atom stereocenters. The topological polar surface area (TPSA) is 0 Å². The number of hydrogen-bond acceptors (Lipinski definition) is 2. The van der Waals surface area contributed by atoms with Crippen molar-refractivity contribution in [2.24, 2.45) is 0 Å². The first-order valence-corrected chi connectivity index (χ1v) is 7.68. The van der Waals surface area contributed by atoms with Crippen molar-refractivity contribution in [1.82, 2.24) is 0 Å². The molecule has 0 radical (unpaired) electrons. The molecule has 0 aliphatic heterocycles. The molecule has 0 unspecified atom stereocenters. The van der Waals surface area contributed by atoms with E-state index in [1.165, 1.54) is 24.1 Å². The van der Waals surface area contributed by atoms with Gasteiger partial charge in [-0.05, 0) is 63.7 Å². The SMILES string of the molecule is CCc1csc2c(I)cc(SC)cc12. The molecule has 0 nitrogen and oxygen atoms in total. The van der Waals surface area contributed by atoms with Crippen LogP contribution in [0.2, 0.25) is 0 Å². The van der Waals surface area contributed by atoms with Gasteiger partial charge in [-0.25, -0.2) is 0 Å². The third-order valence-corrected chi connectivity index (χ3v) is 5.30. The molecule has 0 amide bonds. The van der Waals surface area contributed by atoms with Crippen molar-refractivity contribution in [3.63, 3.8) is 0 Å². The van der Waals surface area contributed by atoms with Gasteiger partial charge < -0.3 is 0 Å². The standard InChI is InChI=1S/C11H11IS2/c1-3-7-6-14-11-9(7)4-8(13-2)5-10(11)12/h4-6H,3H2,1-2H3. The molecule has 0 N–H and O–H groups in total. The van der Waals surface area contributed by atoms with Gasteiger partial charge in [0.25, 0.3) is 0 Å². The van der Waals surface area contributed by atoms with E-state index in [9.17, 15) is 0 Å². The van der Waals surface area contributed by atoms with Crippen molar-refractivity contribution in [3.05, 3.63) is 26.6 Å². The molecule has 0 fully saturated rings. The first-order valence-electron chi connectivity index (χ1n) is 4.50. The minimum atomic E-state index is 1.13. The van der Waals surface area contributed by atoms with Crippen molar-refractivity contribution in [2.45, 2.75) is 18.2 Å². The zero-order valence-electron chi connectivity index (χ0n) is 8.13. The van der Waals surface area contributed by atoms with Crippen LogP contribution in [0.4, 0.5) is 0 Å². The zero-order chi connectivity index (χ0) is 10.1. The Morgan fingerprint density at radius 3 is 2.86 bits per heavy atom. The fraction of sp³-hybridized carbons (Fsp3) is 0.273. The second-order valence-electron chi connectivity index (χ2n) is 3.10. The van der Waals surface area contributed by atoms with Crippen molar-refractivity contribution in [3.8, 4) is 0 Å².